The number of nitrogens with zero attached hydrogens (tertiary/aromatic N) is 3. The highest BCUT2D eigenvalue weighted by atomic mass is 32.2. The van der Waals surface area contributed by atoms with E-state index in [-0.39, 0.29) is 10.9 Å². The fourth-order valence-electron chi connectivity index (χ4n) is 1.80. The summed E-state index contributed by atoms with van der Waals surface area (Å²) in [6.07, 6.45) is 3.41. The molecular weight excluding hydrogens is 290 g/mol. The van der Waals surface area contributed by atoms with Crippen LogP contribution in [0.4, 0.5) is 5.69 Å². The first-order chi connectivity index (χ1) is 9.97. The largest absolute Gasteiger partial charge is 0.383 e. The van der Waals surface area contributed by atoms with Crippen molar-refractivity contribution >= 4 is 15.7 Å². The monoisotopic (exact) mass is 309 g/mol. The summed E-state index contributed by atoms with van der Waals surface area (Å²) in [5.74, 6) is 0. The van der Waals surface area contributed by atoms with E-state index in [1.165, 1.54) is 0 Å². The molecule has 0 bridgehead atoms. The quantitative estimate of drug-likeness (QED) is 0.799. The highest BCUT2D eigenvalue weighted by molar-refractivity contribution is 7.89. The predicted molar refractivity (Wildman–Crippen MR) is 80.4 cm³/mol. The van der Waals surface area contributed by atoms with Crippen molar-refractivity contribution in [2.75, 3.05) is 11.9 Å². The fraction of sp³-hybridized carbons (Fsp3) is 0.385. The Labute approximate surface area is 124 Å². The summed E-state index contributed by atoms with van der Waals surface area (Å²) in [5.41, 5.74) is 0.860. The molecule has 1 aromatic carbocycles. The molecular formula is C13H19N5O2S. The minimum atomic E-state index is -3.43. The van der Waals surface area contributed by atoms with Crippen LogP contribution in [0.5, 0.6) is 0 Å². The van der Waals surface area contributed by atoms with Crippen molar-refractivity contribution < 1.29 is 8.42 Å². The van der Waals surface area contributed by atoms with E-state index in [0.29, 0.717) is 13.1 Å². The zero-order valence-electron chi connectivity index (χ0n) is 12.0. The van der Waals surface area contributed by atoms with Crippen molar-refractivity contribution in [2.45, 2.75) is 31.3 Å². The SMILES string of the molecule is CC(C)NS(=O)(=O)c1ccc(NCCn2ccnn2)cc1. The Morgan fingerprint density at radius 2 is 1.95 bits per heavy atom. The molecule has 0 spiro atoms. The Hall–Kier alpha value is -1.93. The van der Waals surface area contributed by atoms with E-state index in [2.05, 4.69) is 20.4 Å². The van der Waals surface area contributed by atoms with Crippen LogP contribution in [-0.2, 0) is 16.6 Å². The molecule has 7 nitrogen and oxygen atoms in total. The van der Waals surface area contributed by atoms with Gasteiger partial charge in [0.05, 0.1) is 17.6 Å². The first-order valence-corrected chi connectivity index (χ1v) is 8.16. The topological polar surface area (TPSA) is 88.9 Å². The molecule has 2 rings (SSSR count). The molecule has 0 unspecified atom stereocenters. The number of benzene rings is 1. The lowest BCUT2D eigenvalue weighted by molar-refractivity contribution is 0.570. The summed E-state index contributed by atoms with van der Waals surface area (Å²) in [6, 6.07) is 6.53. The molecule has 0 aliphatic heterocycles. The van der Waals surface area contributed by atoms with Gasteiger partial charge in [-0.2, -0.15) is 0 Å². The van der Waals surface area contributed by atoms with Gasteiger partial charge in [-0.25, -0.2) is 13.1 Å². The van der Waals surface area contributed by atoms with Gasteiger partial charge >= 0.3 is 0 Å². The van der Waals surface area contributed by atoms with E-state index < -0.39 is 10.0 Å². The number of rotatable bonds is 7. The van der Waals surface area contributed by atoms with Crippen LogP contribution in [-0.4, -0.2) is 36.0 Å². The van der Waals surface area contributed by atoms with Gasteiger partial charge in [-0.1, -0.05) is 5.21 Å². The lowest BCUT2D eigenvalue weighted by Crippen LogP contribution is -2.30. The maximum absolute atomic E-state index is 12.0. The van der Waals surface area contributed by atoms with Crippen molar-refractivity contribution in [1.29, 1.82) is 0 Å². The third-order valence-corrected chi connectivity index (χ3v) is 4.37. The van der Waals surface area contributed by atoms with Crippen LogP contribution in [0.3, 0.4) is 0 Å². The second-order valence-electron chi connectivity index (χ2n) is 4.89. The molecule has 2 N–H and O–H groups in total. The third kappa shape index (κ3) is 4.54. The Balaban J connectivity index is 1.92. The molecule has 1 heterocycles. The minimum Gasteiger partial charge on any atom is -0.383 e. The molecule has 0 aliphatic carbocycles. The molecule has 0 fully saturated rings. The maximum atomic E-state index is 12.0. The number of anilines is 1. The predicted octanol–water partition coefficient (Wildman–Crippen LogP) is 1.08. The van der Waals surface area contributed by atoms with Gasteiger partial charge in [-0.3, -0.25) is 4.68 Å². The van der Waals surface area contributed by atoms with Crippen molar-refractivity contribution in [3.63, 3.8) is 0 Å². The molecule has 0 aliphatic rings. The van der Waals surface area contributed by atoms with E-state index >= 15 is 0 Å². The molecule has 1 aromatic heterocycles. The van der Waals surface area contributed by atoms with Crippen LogP contribution >= 0.6 is 0 Å². The molecule has 0 atom stereocenters. The Bertz CT molecular complexity index is 650. The maximum Gasteiger partial charge on any atom is 0.240 e. The fourth-order valence-corrected chi connectivity index (χ4v) is 3.05. The summed E-state index contributed by atoms with van der Waals surface area (Å²) < 4.78 is 28.2. The third-order valence-electron chi connectivity index (χ3n) is 2.70. The van der Waals surface area contributed by atoms with E-state index in [4.69, 9.17) is 0 Å². The van der Waals surface area contributed by atoms with E-state index in [1.54, 1.807) is 55.2 Å². The lowest BCUT2D eigenvalue weighted by Gasteiger charge is -2.11. The van der Waals surface area contributed by atoms with E-state index in [1.807, 2.05) is 0 Å². The summed E-state index contributed by atoms with van der Waals surface area (Å²) >= 11 is 0. The first kappa shape index (κ1) is 15.5. The van der Waals surface area contributed by atoms with Gasteiger partial charge in [-0.05, 0) is 38.1 Å². The van der Waals surface area contributed by atoms with Crippen LogP contribution < -0.4 is 10.0 Å². The summed E-state index contributed by atoms with van der Waals surface area (Å²) in [7, 11) is -3.43. The number of aromatic nitrogens is 3. The second-order valence-corrected chi connectivity index (χ2v) is 6.61. The van der Waals surface area contributed by atoms with Crippen LogP contribution in [0.25, 0.3) is 0 Å². The van der Waals surface area contributed by atoms with E-state index in [9.17, 15) is 8.42 Å². The van der Waals surface area contributed by atoms with Gasteiger partial charge in [0.1, 0.15) is 0 Å². The first-order valence-electron chi connectivity index (χ1n) is 6.68. The number of hydrogen-bond donors (Lipinski definition) is 2. The molecule has 0 saturated heterocycles. The van der Waals surface area contributed by atoms with Crippen molar-refractivity contribution in [3.8, 4) is 0 Å². The zero-order chi connectivity index (χ0) is 15.3. The minimum absolute atomic E-state index is 0.129. The molecule has 114 valence electrons. The normalized spacial score (nSPS) is 11.8. The molecule has 0 amide bonds. The summed E-state index contributed by atoms with van der Waals surface area (Å²) in [4.78, 5) is 0.262. The van der Waals surface area contributed by atoms with Crippen LogP contribution in [0.15, 0.2) is 41.6 Å². The van der Waals surface area contributed by atoms with Gasteiger partial charge in [0.2, 0.25) is 10.0 Å². The molecule has 0 saturated carbocycles. The zero-order valence-corrected chi connectivity index (χ0v) is 12.8. The Morgan fingerprint density at radius 3 is 2.52 bits per heavy atom. The average molecular weight is 309 g/mol. The van der Waals surface area contributed by atoms with Gasteiger partial charge < -0.3 is 5.32 Å². The Morgan fingerprint density at radius 1 is 1.24 bits per heavy atom. The number of sulfonamides is 1. The molecule has 8 heteroatoms. The highest BCUT2D eigenvalue weighted by Gasteiger charge is 2.14. The standard InChI is InChI=1S/C13H19N5O2S/c1-11(2)16-21(19,20)13-5-3-12(4-6-13)14-7-9-18-10-8-15-17-18/h3-6,8,10-11,14,16H,7,9H2,1-2H3. The van der Waals surface area contributed by atoms with Gasteiger partial charge in [0.15, 0.2) is 0 Å². The summed E-state index contributed by atoms with van der Waals surface area (Å²) in [5, 5.41) is 10.8. The smallest absolute Gasteiger partial charge is 0.240 e. The van der Waals surface area contributed by atoms with Gasteiger partial charge in [0.25, 0.3) is 0 Å². The van der Waals surface area contributed by atoms with Crippen molar-refractivity contribution in [3.05, 3.63) is 36.7 Å². The van der Waals surface area contributed by atoms with Crippen molar-refractivity contribution in [1.82, 2.24) is 19.7 Å². The molecule has 0 radical (unpaired) electrons. The van der Waals surface area contributed by atoms with Crippen LogP contribution in [0.1, 0.15) is 13.8 Å². The number of hydrogen-bond acceptors (Lipinski definition) is 5. The Kier molecular flexibility index (Phi) is 4.92. The van der Waals surface area contributed by atoms with Crippen LogP contribution in [0.2, 0.25) is 0 Å². The number of nitrogens with one attached hydrogen (secondary N) is 2. The van der Waals surface area contributed by atoms with Gasteiger partial charge in [-0.15, -0.1) is 5.10 Å². The lowest BCUT2D eigenvalue weighted by atomic mass is 10.3. The highest BCUT2D eigenvalue weighted by Crippen LogP contribution is 2.14. The average Bonchev–Trinajstić information content (AvgIpc) is 2.91. The van der Waals surface area contributed by atoms with Crippen LogP contribution in [0, 0.1) is 0 Å². The second kappa shape index (κ2) is 6.68. The van der Waals surface area contributed by atoms with E-state index in [0.717, 1.165) is 5.69 Å². The summed E-state index contributed by atoms with van der Waals surface area (Å²) in [6.45, 7) is 4.95. The molecule has 21 heavy (non-hydrogen) atoms. The molecule has 2 aromatic rings. The van der Waals surface area contributed by atoms with Gasteiger partial charge in [0, 0.05) is 24.5 Å². The van der Waals surface area contributed by atoms with Crippen molar-refractivity contribution in [2.24, 2.45) is 0 Å².